The molecule has 0 atom stereocenters. The lowest BCUT2D eigenvalue weighted by Gasteiger charge is -2.14. The van der Waals surface area contributed by atoms with Gasteiger partial charge in [0.15, 0.2) is 11.5 Å². The van der Waals surface area contributed by atoms with Crippen molar-refractivity contribution < 1.29 is 14.6 Å². The second kappa shape index (κ2) is 7.06. The van der Waals surface area contributed by atoms with Crippen molar-refractivity contribution in [2.45, 2.75) is 27.1 Å². The molecule has 1 heterocycles. The molecular formula is C14H16BrNO3S. The van der Waals surface area contributed by atoms with Crippen molar-refractivity contribution in [3.05, 3.63) is 38.3 Å². The number of rotatable bonds is 6. The van der Waals surface area contributed by atoms with Crippen LogP contribution in [-0.4, -0.2) is 16.7 Å². The SMILES string of the molecule is CCOc1cc(CO)cc(Br)c1OCc1csc(C)n1. The average Bonchev–Trinajstić information content (AvgIpc) is 2.83. The summed E-state index contributed by atoms with van der Waals surface area (Å²) in [6, 6.07) is 3.61. The van der Waals surface area contributed by atoms with E-state index in [4.69, 9.17) is 9.47 Å². The number of aromatic nitrogens is 1. The Balaban J connectivity index is 2.20. The summed E-state index contributed by atoms with van der Waals surface area (Å²) >= 11 is 5.05. The van der Waals surface area contributed by atoms with E-state index in [0.29, 0.717) is 24.7 Å². The monoisotopic (exact) mass is 357 g/mol. The molecular weight excluding hydrogens is 342 g/mol. The Bertz CT molecular complexity index is 586. The fourth-order valence-corrected chi connectivity index (χ4v) is 2.94. The predicted octanol–water partition coefficient (Wildman–Crippen LogP) is 3.68. The zero-order valence-electron chi connectivity index (χ0n) is 11.4. The average molecular weight is 358 g/mol. The van der Waals surface area contributed by atoms with Crippen LogP contribution in [0.5, 0.6) is 11.5 Å². The summed E-state index contributed by atoms with van der Waals surface area (Å²) in [6.45, 7) is 4.76. The highest BCUT2D eigenvalue weighted by Gasteiger charge is 2.13. The van der Waals surface area contributed by atoms with Crippen LogP contribution in [0.4, 0.5) is 0 Å². The molecule has 4 nitrogen and oxygen atoms in total. The Kier molecular flexibility index (Phi) is 5.39. The van der Waals surface area contributed by atoms with Gasteiger partial charge in [-0.15, -0.1) is 11.3 Å². The lowest BCUT2D eigenvalue weighted by molar-refractivity contribution is 0.260. The number of benzene rings is 1. The van der Waals surface area contributed by atoms with Gasteiger partial charge in [0.25, 0.3) is 0 Å². The van der Waals surface area contributed by atoms with Gasteiger partial charge in [-0.25, -0.2) is 4.98 Å². The van der Waals surface area contributed by atoms with Gasteiger partial charge < -0.3 is 14.6 Å². The Labute approximate surface area is 130 Å². The van der Waals surface area contributed by atoms with Crippen molar-refractivity contribution in [3.8, 4) is 11.5 Å². The molecule has 0 saturated heterocycles. The summed E-state index contributed by atoms with van der Waals surface area (Å²) in [6.07, 6.45) is 0. The Morgan fingerprint density at radius 1 is 1.35 bits per heavy atom. The normalized spacial score (nSPS) is 10.6. The van der Waals surface area contributed by atoms with Crippen molar-refractivity contribution in [2.24, 2.45) is 0 Å². The summed E-state index contributed by atoms with van der Waals surface area (Å²) in [4.78, 5) is 4.36. The molecule has 0 spiro atoms. The van der Waals surface area contributed by atoms with Gasteiger partial charge in [-0.1, -0.05) is 0 Å². The van der Waals surface area contributed by atoms with Gasteiger partial charge in [0.05, 0.1) is 28.4 Å². The maximum Gasteiger partial charge on any atom is 0.175 e. The van der Waals surface area contributed by atoms with Crippen LogP contribution in [-0.2, 0) is 13.2 Å². The van der Waals surface area contributed by atoms with Crippen molar-refractivity contribution in [1.82, 2.24) is 4.98 Å². The van der Waals surface area contributed by atoms with Crippen LogP contribution in [0.25, 0.3) is 0 Å². The molecule has 0 amide bonds. The lowest BCUT2D eigenvalue weighted by Crippen LogP contribution is -2.02. The predicted molar refractivity (Wildman–Crippen MR) is 82.4 cm³/mol. The minimum absolute atomic E-state index is 0.0375. The smallest absolute Gasteiger partial charge is 0.175 e. The molecule has 6 heteroatoms. The zero-order valence-corrected chi connectivity index (χ0v) is 13.8. The van der Waals surface area contributed by atoms with E-state index in [1.807, 2.05) is 25.3 Å². The first-order chi connectivity index (χ1) is 9.63. The first-order valence-electron chi connectivity index (χ1n) is 6.24. The Morgan fingerprint density at radius 3 is 2.75 bits per heavy atom. The van der Waals surface area contributed by atoms with E-state index in [1.54, 1.807) is 17.4 Å². The molecule has 0 saturated carbocycles. The molecule has 20 heavy (non-hydrogen) atoms. The number of aliphatic hydroxyl groups excluding tert-OH is 1. The molecule has 0 radical (unpaired) electrons. The standard InChI is InChI=1S/C14H16BrNO3S/c1-3-18-13-5-10(6-17)4-12(15)14(13)19-7-11-8-20-9(2)16-11/h4-5,8,17H,3,6-7H2,1-2H3. The molecule has 0 aliphatic carbocycles. The van der Waals surface area contributed by atoms with E-state index in [2.05, 4.69) is 20.9 Å². The van der Waals surface area contributed by atoms with Crippen LogP contribution in [0.1, 0.15) is 23.2 Å². The third kappa shape index (κ3) is 3.71. The van der Waals surface area contributed by atoms with Crippen molar-refractivity contribution in [1.29, 1.82) is 0 Å². The molecule has 0 aliphatic rings. The van der Waals surface area contributed by atoms with Crippen LogP contribution in [0.15, 0.2) is 22.0 Å². The Hall–Kier alpha value is -1.11. The maximum absolute atomic E-state index is 9.23. The van der Waals surface area contributed by atoms with Crippen molar-refractivity contribution in [2.75, 3.05) is 6.61 Å². The minimum Gasteiger partial charge on any atom is -0.490 e. The van der Waals surface area contributed by atoms with Crippen molar-refractivity contribution in [3.63, 3.8) is 0 Å². The van der Waals surface area contributed by atoms with Crippen LogP contribution in [0.3, 0.4) is 0 Å². The molecule has 0 unspecified atom stereocenters. The topological polar surface area (TPSA) is 51.6 Å². The second-order valence-corrected chi connectivity index (χ2v) is 6.06. The molecule has 1 N–H and O–H groups in total. The van der Waals surface area contributed by atoms with E-state index < -0.39 is 0 Å². The molecule has 2 aromatic rings. The summed E-state index contributed by atoms with van der Waals surface area (Å²) in [5.74, 6) is 1.26. The number of aliphatic hydroxyl groups is 1. The zero-order chi connectivity index (χ0) is 14.5. The number of hydrogen-bond acceptors (Lipinski definition) is 5. The van der Waals surface area contributed by atoms with Crippen LogP contribution in [0.2, 0.25) is 0 Å². The number of thiazole rings is 1. The first kappa shape index (κ1) is 15.3. The molecule has 0 bridgehead atoms. The van der Waals surface area contributed by atoms with E-state index >= 15 is 0 Å². The van der Waals surface area contributed by atoms with Gasteiger partial charge in [0.2, 0.25) is 0 Å². The summed E-state index contributed by atoms with van der Waals surface area (Å²) < 4.78 is 12.1. The fraction of sp³-hybridized carbons (Fsp3) is 0.357. The van der Waals surface area contributed by atoms with E-state index in [-0.39, 0.29) is 6.61 Å². The van der Waals surface area contributed by atoms with Gasteiger partial charge in [0, 0.05) is 5.38 Å². The second-order valence-electron chi connectivity index (χ2n) is 4.14. The molecule has 0 fully saturated rings. The number of nitrogens with zero attached hydrogens (tertiary/aromatic N) is 1. The van der Waals surface area contributed by atoms with Crippen LogP contribution in [0, 0.1) is 6.92 Å². The van der Waals surface area contributed by atoms with Gasteiger partial charge in [-0.3, -0.25) is 0 Å². The molecule has 108 valence electrons. The third-order valence-electron chi connectivity index (χ3n) is 2.58. The summed E-state index contributed by atoms with van der Waals surface area (Å²) in [5, 5.41) is 12.2. The summed E-state index contributed by atoms with van der Waals surface area (Å²) in [5.41, 5.74) is 1.67. The molecule has 1 aromatic heterocycles. The minimum atomic E-state index is -0.0375. The molecule has 2 rings (SSSR count). The molecule has 1 aromatic carbocycles. The number of ether oxygens (including phenoxy) is 2. The Morgan fingerprint density at radius 2 is 2.15 bits per heavy atom. The lowest BCUT2D eigenvalue weighted by atomic mass is 10.2. The van der Waals surface area contributed by atoms with Gasteiger partial charge >= 0.3 is 0 Å². The summed E-state index contributed by atoms with van der Waals surface area (Å²) in [7, 11) is 0. The van der Waals surface area contributed by atoms with Gasteiger partial charge in [0.1, 0.15) is 6.61 Å². The van der Waals surface area contributed by atoms with Gasteiger partial charge in [-0.05, 0) is 47.5 Å². The highest BCUT2D eigenvalue weighted by molar-refractivity contribution is 9.10. The number of aryl methyl sites for hydroxylation is 1. The highest BCUT2D eigenvalue weighted by Crippen LogP contribution is 2.37. The van der Waals surface area contributed by atoms with Crippen LogP contribution < -0.4 is 9.47 Å². The number of halogens is 1. The highest BCUT2D eigenvalue weighted by atomic mass is 79.9. The largest absolute Gasteiger partial charge is 0.490 e. The van der Waals surface area contributed by atoms with Crippen molar-refractivity contribution >= 4 is 27.3 Å². The van der Waals surface area contributed by atoms with E-state index in [0.717, 1.165) is 20.7 Å². The molecule has 0 aliphatic heterocycles. The van der Waals surface area contributed by atoms with Crippen LogP contribution >= 0.6 is 27.3 Å². The maximum atomic E-state index is 9.23. The van der Waals surface area contributed by atoms with E-state index in [1.165, 1.54) is 0 Å². The number of hydrogen-bond donors (Lipinski definition) is 1. The van der Waals surface area contributed by atoms with E-state index in [9.17, 15) is 5.11 Å². The van der Waals surface area contributed by atoms with Gasteiger partial charge in [-0.2, -0.15) is 0 Å². The third-order valence-corrected chi connectivity index (χ3v) is 3.99. The first-order valence-corrected chi connectivity index (χ1v) is 7.91. The quantitative estimate of drug-likeness (QED) is 0.856. The fourth-order valence-electron chi connectivity index (χ4n) is 1.74.